The first-order chi connectivity index (χ1) is 9.21. The Kier molecular flexibility index (Phi) is 6.62. The van der Waals surface area contributed by atoms with E-state index in [2.05, 4.69) is 64.1 Å². The fourth-order valence-corrected chi connectivity index (χ4v) is 3.18. The smallest absolute Gasteiger partial charge is 0.0982 e. The summed E-state index contributed by atoms with van der Waals surface area (Å²) in [7, 11) is 0. The highest BCUT2D eigenvalue weighted by Crippen LogP contribution is 2.25. The van der Waals surface area contributed by atoms with Gasteiger partial charge in [0, 0.05) is 42.5 Å². The summed E-state index contributed by atoms with van der Waals surface area (Å²) in [4.78, 5) is 7.22. The molecule has 4 heteroatoms. The Hall–Kier alpha value is -0.450. The van der Waals surface area contributed by atoms with Crippen LogP contribution in [0.2, 0.25) is 0 Å². The molecule has 0 aliphatic heterocycles. The van der Waals surface area contributed by atoms with E-state index in [1.807, 2.05) is 0 Å². The van der Waals surface area contributed by atoms with Gasteiger partial charge in [-0.15, -0.1) is 11.3 Å². The van der Waals surface area contributed by atoms with E-state index in [-0.39, 0.29) is 5.41 Å². The highest BCUT2D eigenvalue weighted by atomic mass is 32.1. The average Bonchev–Trinajstić information content (AvgIpc) is 2.76. The fraction of sp³-hybridized carbons (Fsp3) is 0.812. The molecule has 0 bridgehead atoms. The van der Waals surface area contributed by atoms with Crippen molar-refractivity contribution in [2.45, 2.75) is 72.5 Å². The van der Waals surface area contributed by atoms with Crippen LogP contribution < -0.4 is 5.32 Å². The summed E-state index contributed by atoms with van der Waals surface area (Å²) < 4.78 is 0. The Morgan fingerprint density at radius 2 is 1.80 bits per heavy atom. The van der Waals surface area contributed by atoms with Gasteiger partial charge in [-0.2, -0.15) is 0 Å². The molecule has 116 valence electrons. The molecule has 0 saturated heterocycles. The van der Waals surface area contributed by atoms with Crippen molar-refractivity contribution in [1.29, 1.82) is 0 Å². The van der Waals surface area contributed by atoms with Crippen molar-refractivity contribution >= 4 is 11.3 Å². The molecule has 0 aliphatic rings. The van der Waals surface area contributed by atoms with E-state index in [4.69, 9.17) is 4.98 Å². The Morgan fingerprint density at radius 3 is 2.25 bits per heavy atom. The topological polar surface area (TPSA) is 28.2 Å². The summed E-state index contributed by atoms with van der Waals surface area (Å²) in [6.45, 7) is 18.7. The lowest BCUT2D eigenvalue weighted by Crippen LogP contribution is -2.41. The Balaban J connectivity index is 2.36. The molecule has 1 rings (SSSR count). The van der Waals surface area contributed by atoms with E-state index in [1.54, 1.807) is 11.3 Å². The molecular formula is C16H31N3S. The van der Waals surface area contributed by atoms with Crippen LogP contribution in [0.3, 0.4) is 0 Å². The van der Waals surface area contributed by atoms with Crippen molar-refractivity contribution in [2.24, 2.45) is 0 Å². The van der Waals surface area contributed by atoms with Crippen LogP contribution in [0.25, 0.3) is 0 Å². The van der Waals surface area contributed by atoms with Crippen molar-refractivity contribution in [3.63, 3.8) is 0 Å². The number of aromatic nitrogens is 1. The minimum Gasteiger partial charge on any atom is -0.310 e. The Bertz CT molecular complexity index is 383. The van der Waals surface area contributed by atoms with Crippen molar-refractivity contribution in [3.8, 4) is 0 Å². The third-order valence-corrected chi connectivity index (χ3v) is 4.69. The molecule has 0 aliphatic carbocycles. The summed E-state index contributed by atoms with van der Waals surface area (Å²) in [5, 5.41) is 6.91. The van der Waals surface area contributed by atoms with Crippen LogP contribution in [0.5, 0.6) is 0 Å². The normalized spacial score (nSPS) is 12.9. The zero-order valence-electron chi connectivity index (χ0n) is 14.2. The summed E-state index contributed by atoms with van der Waals surface area (Å²) in [6, 6.07) is 1.20. The highest BCUT2D eigenvalue weighted by molar-refractivity contribution is 7.09. The van der Waals surface area contributed by atoms with Gasteiger partial charge in [0.15, 0.2) is 0 Å². The van der Waals surface area contributed by atoms with E-state index >= 15 is 0 Å². The summed E-state index contributed by atoms with van der Waals surface area (Å²) in [5.74, 6) is 0. The van der Waals surface area contributed by atoms with E-state index in [0.717, 1.165) is 19.6 Å². The molecule has 1 aromatic rings. The maximum absolute atomic E-state index is 4.71. The number of thiazole rings is 1. The predicted octanol–water partition coefficient (Wildman–Crippen LogP) is 3.65. The lowest BCUT2D eigenvalue weighted by Gasteiger charge is -2.30. The van der Waals surface area contributed by atoms with Crippen molar-refractivity contribution in [1.82, 2.24) is 15.2 Å². The molecule has 0 unspecified atom stereocenters. The van der Waals surface area contributed by atoms with E-state index in [1.165, 1.54) is 10.7 Å². The lowest BCUT2D eigenvalue weighted by atomic mass is 9.98. The molecule has 20 heavy (non-hydrogen) atoms. The molecule has 0 amide bonds. The molecule has 1 heterocycles. The maximum Gasteiger partial charge on any atom is 0.0982 e. The van der Waals surface area contributed by atoms with Gasteiger partial charge in [-0.1, -0.05) is 20.8 Å². The summed E-state index contributed by atoms with van der Waals surface area (Å²) in [5.41, 5.74) is 1.33. The standard InChI is InChI=1S/C16H31N3S/c1-12(2)19(13(3)4)9-8-17-10-14-11-20-15(18-14)16(5,6)7/h11-13,17H,8-10H2,1-7H3. The summed E-state index contributed by atoms with van der Waals surface area (Å²) in [6.07, 6.45) is 0. The first-order valence-electron chi connectivity index (χ1n) is 7.63. The molecule has 1 N–H and O–H groups in total. The van der Waals surface area contributed by atoms with Gasteiger partial charge in [-0.05, 0) is 27.7 Å². The quantitative estimate of drug-likeness (QED) is 0.779. The third kappa shape index (κ3) is 5.51. The minimum atomic E-state index is 0.162. The van der Waals surface area contributed by atoms with Gasteiger partial charge in [0.05, 0.1) is 10.7 Å². The Morgan fingerprint density at radius 1 is 1.20 bits per heavy atom. The van der Waals surface area contributed by atoms with Gasteiger partial charge in [-0.25, -0.2) is 4.98 Å². The molecule has 0 aromatic carbocycles. The first-order valence-corrected chi connectivity index (χ1v) is 8.51. The second kappa shape index (κ2) is 7.53. The van der Waals surface area contributed by atoms with E-state index in [9.17, 15) is 0 Å². The molecule has 0 fully saturated rings. The number of hydrogen-bond acceptors (Lipinski definition) is 4. The number of nitrogens with zero attached hydrogens (tertiary/aromatic N) is 2. The van der Waals surface area contributed by atoms with Crippen LogP contribution in [0, 0.1) is 0 Å². The van der Waals surface area contributed by atoms with Crippen LogP contribution in [0.4, 0.5) is 0 Å². The van der Waals surface area contributed by atoms with Gasteiger partial charge in [0.2, 0.25) is 0 Å². The zero-order valence-corrected chi connectivity index (χ0v) is 15.0. The van der Waals surface area contributed by atoms with Crippen LogP contribution in [0.15, 0.2) is 5.38 Å². The molecule has 1 aromatic heterocycles. The van der Waals surface area contributed by atoms with E-state index < -0.39 is 0 Å². The molecule has 3 nitrogen and oxygen atoms in total. The van der Waals surface area contributed by atoms with Crippen LogP contribution in [-0.4, -0.2) is 35.1 Å². The van der Waals surface area contributed by atoms with Crippen molar-refractivity contribution in [3.05, 3.63) is 16.1 Å². The zero-order chi connectivity index (χ0) is 15.3. The first kappa shape index (κ1) is 17.6. The van der Waals surface area contributed by atoms with Crippen molar-refractivity contribution < 1.29 is 0 Å². The minimum absolute atomic E-state index is 0.162. The number of rotatable bonds is 7. The van der Waals surface area contributed by atoms with Gasteiger partial charge >= 0.3 is 0 Å². The second-order valence-corrected chi connectivity index (χ2v) is 7.85. The molecular weight excluding hydrogens is 266 g/mol. The predicted molar refractivity (Wildman–Crippen MR) is 89.5 cm³/mol. The molecule has 0 radical (unpaired) electrons. The highest BCUT2D eigenvalue weighted by Gasteiger charge is 2.18. The second-order valence-electron chi connectivity index (χ2n) is 7.00. The van der Waals surface area contributed by atoms with Crippen LogP contribution >= 0.6 is 11.3 Å². The van der Waals surface area contributed by atoms with Gasteiger partial charge < -0.3 is 5.32 Å². The Labute approximate surface area is 128 Å². The SMILES string of the molecule is CC(C)N(CCNCc1csc(C(C)(C)C)n1)C(C)C. The lowest BCUT2D eigenvalue weighted by molar-refractivity contribution is 0.175. The van der Waals surface area contributed by atoms with Gasteiger partial charge in [0.25, 0.3) is 0 Å². The van der Waals surface area contributed by atoms with Gasteiger partial charge in [0.1, 0.15) is 0 Å². The number of hydrogen-bond donors (Lipinski definition) is 1. The molecule has 0 saturated carbocycles. The monoisotopic (exact) mass is 297 g/mol. The van der Waals surface area contributed by atoms with Crippen molar-refractivity contribution in [2.75, 3.05) is 13.1 Å². The fourth-order valence-electron chi connectivity index (χ4n) is 2.27. The number of nitrogens with one attached hydrogen (secondary N) is 1. The summed E-state index contributed by atoms with van der Waals surface area (Å²) >= 11 is 1.77. The van der Waals surface area contributed by atoms with Gasteiger partial charge in [-0.3, -0.25) is 4.90 Å². The molecule has 0 atom stereocenters. The third-order valence-electron chi connectivity index (χ3n) is 3.37. The largest absolute Gasteiger partial charge is 0.310 e. The van der Waals surface area contributed by atoms with E-state index in [0.29, 0.717) is 12.1 Å². The maximum atomic E-state index is 4.71. The van der Waals surface area contributed by atoms with Crippen LogP contribution in [-0.2, 0) is 12.0 Å². The molecule has 0 spiro atoms. The average molecular weight is 298 g/mol. The van der Waals surface area contributed by atoms with Crippen LogP contribution in [0.1, 0.15) is 59.2 Å².